The largest absolute Gasteiger partial charge is 0.343 e. The number of hydrogen-bond donors (Lipinski definition) is 2. The first-order valence-electron chi connectivity index (χ1n) is 7.93. The molecule has 2 heterocycles. The zero-order valence-corrected chi connectivity index (χ0v) is 15.2. The molecule has 2 N–H and O–H groups in total. The topological polar surface area (TPSA) is 85.1 Å². The van der Waals surface area contributed by atoms with E-state index in [9.17, 15) is 14.4 Å². The number of thiophene rings is 1. The normalized spacial score (nSPS) is 10.5. The van der Waals surface area contributed by atoms with Crippen LogP contribution in [0.1, 0.15) is 16.1 Å². The summed E-state index contributed by atoms with van der Waals surface area (Å²) in [6.45, 7) is 1.54. The smallest absolute Gasteiger partial charge is 0.295 e. The van der Waals surface area contributed by atoms with Crippen LogP contribution in [0.4, 0.5) is 5.69 Å². The predicted molar refractivity (Wildman–Crippen MR) is 101 cm³/mol. The number of nitrogens with one attached hydrogen (secondary N) is 2. The van der Waals surface area contributed by atoms with Gasteiger partial charge in [0.15, 0.2) is 0 Å². The number of carbonyl (C=O) groups is 2. The molecule has 0 radical (unpaired) electrons. The highest BCUT2D eigenvalue weighted by Crippen LogP contribution is 2.13. The lowest BCUT2D eigenvalue weighted by Crippen LogP contribution is -2.33. The van der Waals surface area contributed by atoms with Crippen molar-refractivity contribution >= 4 is 28.8 Å². The van der Waals surface area contributed by atoms with Gasteiger partial charge in [0, 0.05) is 18.0 Å². The summed E-state index contributed by atoms with van der Waals surface area (Å²) in [6, 6.07) is 10.8. The zero-order chi connectivity index (χ0) is 18.7. The molecule has 0 unspecified atom stereocenters. The van der Waals surface area contributed by atoms with Crippen molar-refractivity contribution in [1.82, 2.24) is 14.7 Å². The monoisotopic (exact) mass is 370 g/mol. The Labute approximate surface area is 153 Å². The highest BCUT2D eigenvalue weighted by molar-refractivity contribution is 7.08. The Morgan fingerprint density at radius 3 is 2.54 bits per heavy atom. The highest BCUT2D eigenvalue weighted by Gasteiger charge is 2.18. The standard InChI is InChI=1S/C18H18N4O3S/c1-12-16(18(25)22(21(12)2)14-6-4-3-5-7-14)20-15(23)10-19-17(24)13-8-9-26-11-13/h3-9,11H,10H2,1-2H3,(H,19,24)(H,20,23). The molecule has 7 nitrogen and oxygen atoms in total. The summed E-state index contributed by atoms with van der Waals surface area (Å²) in [5.41, 5.74) is 1.70. The molecule has 0 spiro atoms. The summed E-state index contributed by atoms with van der Waals surface area (Å²) < 4.78 is 3.16. The molecule has 2 amide bonds. The van der Waals surface area contributed by atoms with Gasteiger partial charge in [-0.3, -0.25) is 19.1 Å². The molecule has 0 bridgehead atoms. The van der Waals surface area contributed by atoms with Crippen molar-refractivity contribution in [2.45, 2.75) is 6.92 Å². The van der Waals surface area contributed by atoms with Crippen molar-refractivity contribution in [2.24, 2.45) is 7.05 Å². The van der Waals surface area contributed by atoms with E-state index in [-0.39, 0.29) is 23.7 Å². The van der Waals surface area contributed by atoms with Crippen molar-refractivity contribution in [3.63, 3.8) is 0 Å². The summed E-state index contributed by atoms with van der Waals surface area (Å²) in [6.07, 6.45) is 0. The van der Waals surface area contributed by atoms with E-state index in [4.69, 9.17) is 0 Å². The highest BCUT2D eigenvalue weighted by atomic mass is 32.1. The SMILES string of the molecule is Cc1c(NC(=O)CNC(=O)c2ccsc2)c(=O)n(-c2ccccc2)n1C. The van der Waals surface area contributed by atoms with Crippen LogP contribution in [0.25, 0.3) is 5.69 Å². The van der Waals surface area contributed by atoms with Gasteiger partial charge < -0.3 is 10.6 Å². The molecule has 0 atom stereocenters. The Morgan fingerprint density at radius 2 is 1.88 bits per heavy atom. The average molecular weight is 370 g/mol. The molecule has 0 aliphatic rings. The first kappa shape index (κ1) is 17.7. The molecule has 0 saturated carbocycles. The van der Waals surface area contributed by atoms with Crippen LogP contribution < -0.4 is 16.2 Å². The van der Waals surface area contributed by atoms with Crippen LogP contribution in [0.3, 0.4) is 0 Å². The minimum Gasteiger partial charge on any atom is -0.343 e. The van der Waals surface area contributed by atoms with Gasteiger partial charge in [0.05, 0.1) is 17.9 Å². The van der Waals surface area contributed by atoms with E-state index in [0.29, 0.717) is 16.9 Å². The van der Waals surface area contributed by atoms with E-state index >= 15 is 0 Å². The first-order chi connectivity index (χ1) is 12.5. The summed E-state index contributed by atoms with van der Waals surface area (Å²) >= 11 is 1.40. The van der Waals surface area contributed by atoms with Gasteiger partial charge in [-0.25, -0.2) is 4.68 Å². The van der Waals surface area contributed by atoms with Crippen molar-refractivity contribution in [1.29, 1.82) is 0 Å². The lowest BCUT2D eigenvalue weighted by Gasteiger charge is -2.07. The second-order valence-electron chi connectivity index (χ2n) is 5.68. The van der Waals surface area contributed by atoms with Crippen LogP contribution in [-0.2, 0) is 11.8 Å². The third kappa shape index (κ3) is 3.45. The summed E-state index contributed by atoms with van der Waals surface area (Å²) in [7, 11) is 1.75. The Morgan fingerprint density at radius 1 is 1.15 bits per heavy atom. The van der Waals surface area contributed by atoms with E-state index in [0.717, 1.165) is 0 Å². The number of hydrogen-bond acceptors (Lipinski definition) is 4. The second-order valence-corrected chi connectivity index (χ2v) is 6.46. The number of benzene rings is 1. The lowest BCUT2D eigenvalue weighted by molar-refractivity contribution is -0.115. The second kappa shape index (κ2) is 7.40. The molecule has 26 heavy (non-hydrogen) atoms. The van der Waals surface area contributed by atoms with Gasteiger partial charge in [0.2, 0.25) is 5.91 Å². The van der Waals surface area contributed by atoms with Crippen LogP contribution in [0.15, 0.2) is 52.0 Å². The van der Waals surface area contributed by atoms with Crippen molar-refractivity contribution < 1.29 is 9.59 Å². The lowest BCUT2D eigenvalue weighted by atomic mass is 10.3. The van der Waals surface area contributed by atoms with Gasteiger partial charge in [-0.1, -0.05) is 18.2 Å². The molecular weight excluding hydrogens is 352 g/mol. The zero-order valence-electron chi connectivity index (χ0n) is 14.4. The van der Waals surface area contributed by atoms with Crippen LogP contribution in [0.2, 0.25) is 0 Å². The molecular formula is C18H18N4O3S. The molecule has 0 aliphatic carbocycles. The molecule has 0 fully saturated rings. The predicted octanol–water partition coefficient (Wildman–Crippen LogP) is 1.91. The fourth-order valence-corrected chi connectivity index (χ4v) is 3.19. The fraction of sp³-hybridized carbons (Fsp3) is 0.167. The maximum atomic E-state index is 12.7. The van der Waals surface area contributed by atoms with E-state index in [1.165, 1.54) is 16.0 Å². The summed E-state index contributed by atoms with van der Waals surface area (Å²) in [4.78, 5) is 36.8. The number of nitrogens with zero attached hydrogens (tertiary/aromatic N) is 2. The van der Waals surface area contributed by atoms with Gasteiger partial charge in [0.25, 0.3) is 11.5 Å². The Hall–Kier alpha value is -3.13. The van der Waals surface area contributed by atoms with Gasteiger partial charge in [-0.15, -0.1) is 0 Å². The number of amides is 2. The van der Waals surface area contributed by atoms with Crippen molar-refractivity contribution in [2.75, 3.05) is 11.9 Å². The van der Waals surface area contributed by atoms with E-state index in [2.05, 4.69) is 10.6 Å². The average Bonchev–Trinajstić information content (AvgIpc) is 3.25. The molecule has 134 valence electrons. The van der Waals surface area contributed by atoms with Gasteiger partial charge in [-0.05, 0) is 30.5 Å². The molecule has 0 aliphatic heterocycles. The van der Waals surface area contributed by atoms with Crippen LogP contribution in [-0.4, -0.2) is 27.7 Å². The molecule has 0 saturated heterocycles. The van der Waals surface area contributed by atoms with Crippen molar-refractivity contribution in [3.05, 3.63) is 68.8 Å². The maximum absolute atomic E-state index is 12.7. The van der Waals surface area contributed by atoms with Gasteiger partial charge >= 0.3 is 0 Å². The minimum absolute atomic E-state index is 0.200. The Bertz CT molecular complexity index is 988. The first-order valence-corrected chi connectivity index (χ1v) is 8.87. The van der Waals surface area contributed by atoms with Crippen LogP contribution in [0, 0.1) is 6.92 Å². The Balaban J connectivity index is 1.75. The van der Waals surface area contributed by atoms with Crippen LogP contribution in [0.5, 0.6) is 0 Å². The number of anilines is 1. The van der Waals surface area contributed by atoms with E-state index in [1.807, 2.05) is 30.3 Å². The molecule has 1 aromatic carbocycles. The fourth-order valence-electron chi connectivity index (χ4n) is 2.55. The number of para-hydroxylation sites is 1. The third-order valence-electron chi connectivity index (χ3n) is 4.01. The number of carbonyl (C=O) groups excluding carboxylic acids is 2. The summed E-state index contributed by atoms with van der Waals surface area (Å²) in [5, 5.41) is 8.63. The van der Waals surface area contributed by atoms with E-state index in [1.54, 1.807) is 35.5 Å². The number of aromatic nitrogens is 2. The van der Waals surface area contributed by atoms with Gasteiger partial charge in [0.1, 0.15) is 5.69 Å². The maximum Gasteiger partial charge on any atom is 0.295 e. The molecule has 8 heteroatoms. The van der Waals surface area contributed by atoms with Crippen LogP contribution >= 0.6 is 11.3 Å². The summed E-state index contributed by atoms with van der Waals surface area (Å²) in [5.74, 6) is -0.785. The molecule has 2 aromatic heterocycles. The van der Waals surface area contributed by atoms with Crippen molar-refractivity contribution in [3.8, 4) is 5.69 Å². The minimum atomic E-state index is -0.459. The third-order valence-corrected chi connectivity index (χ3v) is 4.69. The number of rotatable bonds is 5. The quantitative estimate of drug-likeness (QED) is 0.719. The molecule has 3 aromatic rings. The van der Waals surface area contributed by atoms with Gasteiger partial charge in [-0.2, -0.15) is 11.3 Å². The Kier molecular flexibility index (Phi) is 5.04. The molecule has 3 rings (SSSR count). The van der Waals surface area contributed by atoms with E-state index < -0.39 is 5.91 Å².